The summed E-state index contributed by atoms with van der Waals surface area (Å²) in [5.74, 6) is -0.443. The summed E-state index contributed by atoms with van der Waals surface area (Å²) in [6.07, 6.45) is 22.2. The lowest BCUT2D eigenvalue weighted by Crippen LogP contribution is -2.27. The van der Waals surface area contributed by atoms with Crippen molar-refractivity contribution in [1.82, 2.24) is 4.90 Å². The van der Waals surface area contributed by atoms with Gasteiger partial charge in [-0.2, -0.15) is 0 Å². The highest BCUT2D eigenvalue weighted by Gasteiger charge is 2.23. The Balaban J connectivity index is 3.75. The fraction of sp³-hybridized carbons (Fsp3) is 0.968. The van der Waals surface area contributed by atoms with Crippen molar-refractivity contribution in [2.45, 2.75) is 149 Å². The minimum Gasteiger partial charge on any atom is -0.458 e. The van der Waals surface area contributed by atoms with E-state index in [0.29, 0.717) is 13.0 Å². The summed E-state index contributed by atoms with van der Waals surface area (Å²) in [6, 6.07) is 0. The summed E-state index contributed by atoms with van der Waals surface area (Å²) in [4.78, 5) is 23.9. The van der Waals surface area contributed by atoms with Crippen molar-refractivity contribution in [1.29, 1.82) is 0 Å². The van der Waals surface area contributed by atoms with Gasteiger partial charge < -0.3 is 23.8 Å². The highest BCUT2D eigenvalue weighted by atomic mass is 31.2. The zero-order valence-corrected chi connectivity index (χ0v) is 27.0. The number of hydrogen-bond acceptors (Lipinski definition) is 6. The Bertz CT molecular complexity index is 587. The number of hydrogen-bond donors (Lipinski definition) is 1. The second-order valence-electron chi connectivity index (χ2n) is 11.0. The normalized spacial score (nSPS) is 14.0. The highest BCUT2D eigenvalue weighted by Crippen LogP contribution is 2.43. The average Bonchev–Trinajstić information content (AvgIpc) is 2.90. The van der Waals surface area contributed by atoms with Gasteiger partial charge in [-0.05, 0) is 38.9 Å². The minimum absolute atomic E-state index is 0.112. The van der Waals surface area contributed by atoms with Crippen LogP contribution in [0.1, 0.15) is 143 Å². The lowest BCUT2D eigenvalue weighted by atomic mass is 10.0. The molecular formula is C31H64NO6P. The molecule has 0 aromatic carbocycles. The van der Waals surface area contributed by atoms with Crippen LogP contribution >= 0.6 is 7.60 Å². The molecule has 0 bridgehead atoms. The summed E-state index contributed by atoms with van der Waals surface area (Å²) in [6.45, 7) is 11.4. The van der Waals surface area contributed by atoms with Crippen molar-refractivity contribution in [3.8, 4) is 0 Å². The van der Waals surface area contributed by atoms with Crippen molar-refractivity contribution < 1.29 is 28.3 Å². The Kier molecular flexibility index (Phi) is 27.4. The van der Waals surface area contributed by atoms with Crippen molar-refractivity contribution in [3.63, 3.8) is 0 Å². The predicted octanol–water partition coefficient (Wildman–Crippen LogP) is 8.52. The molecule has 8 heteroatoms. The lowest BCUT2D eigenvalue weighted by molar-refractivity contribution is -0.151. The zero-order chi connectivity index (χ0) is 29.0. The summed E-state index contributed by atoms with van der Waals surface area (Å²) in [7, 11) is -3.71. The molecule has 0 rings (SSSR count). The van der Waals surface area contributed by atoms with E-state index in [1.165, 1.54) is 96.8 Å². The molecule has 2 unspecified atom stereocenters. The molecule has 2 atom stereocenters. The van der Waals surface area contributed by atoms with Crippen LogP contribution in [0.5, 0.6) is 0 Å². The van der Waals surface area contributed by atoms with Crippen LogP contribution in [0.15, 0.2) is 0 Å². The zero-order valence-electron chi connectivity index (χ0n) is 26.1. The molecular weight excluding hydrogens is 513 g/mol. The summed E-state index contributed by atoms with van der Waals surface area (Å²) < 4.78 is 28.6. The van der Waals surface area contributed by atoms with Crippen molar-refractivity contribution >= 4 is 13.6 Å². The molecule has 0 aliphatic heterocycles. The predicted molar refractivity (Wildman–Crippen MR) is 164 cm³/mol. The molecule has 0 saturated heterocycles. The Morgan fingerprint density at radius 2 is 1.21 bits per heavy atom. The molecule has 0 amide bonds. The van der Waals surface area contributed by atoms with Crippen LogP contribution < -0.4 is 0 Å². The summed E-state index contributed by atoms with van der Waals surface area (Å²) in [5, 5.41) is 0. The van der Waals surface area contributed by atoms with Gasteiger partial charge >= 0.3 is 13.6 Å². The molecule has 0 spiro atoms. The molecule has 0 heterocycles. The number of carbonyl (C=O) groups is 1. The molecule has 0 radical (unpaired) electrons. The SMILES string of the molecule is CCCCCCCCCCCCCCCCCCOCC(COP(=O)(O)CCCCN(CC)CC)OC(C)=O. The molecule has 0 saturated carbocycles. The topological polar surface area (TPSA) is 85.3 Å². The fourth-order valence-electron chi connectivity index (χ4n) is 4.77. The van der Waals surface area contributed by atoms with E-state index in [2.05, 4.69) is 25.7 Å². The minimum atomic E-state index is -3.71. The molecule has 1 N–H and O–H groups in total. The van der Waals surface area contributed by atoms with E-state index in [-0.39, 0.29) is 19.4 Å². The molecule has 0 fully saturated rings. The molecule has 39 heavy (non-hydrogen) atoms. The van der Waals surface area contributed by atoms with E-state index in [0.717, 1.165) is 38.9 Å². The maximum Gasteiger partial charge on any atom is 0.328 e. The van der Waals surface area contributed by atoms with Gasteiger partial charge in [0.25, 0.3) is 0 Å². The number of esters is 1. The van der Waals surface area contributed by atoms with Gasteiger partial charge in [-0.1, -0.05) is 117 Å². The van der Waals surface area contributed by atoms with E-state index in [1.54, 1.807) is 0 Å². The van der Waals surface area contributed by atoms with E-state index in [1.807, 2.05) is 0 Å². The quantitative estimate of drug-likeness (QED) is 0.0520. The number of nitrogens with zero attached hydrogens (tertiary/aromatic N) is 1. The van der Waals surface area contributed by atoms with Crippen LogP contribution in [0.25, 0.3) is 0 Å². The first-order chi connectivity index (χ1) is 18.8. The third-order valence-corrected chi connectivity index (χ3v) is 8.73. The second-order valence-corrected chi connectivity index (χ2v) is 13.0. The van der Waals surface area contributed by atoms with Crippen LogP contribution in [0, 0.1) is 0 Å². The fourth-order valence-corrected chi connectivity index (χ4v) is 5.92. The summed E-state index contributed by atoms with van der Waals surface area (Å²) in [5.41, 5.74) is 0. The number of ether oxygens (including phenoxy) is 2. The third kappa shape index (κ3) is 27.5. The van der Waals surface area contributed by atoms with E-state index in [4.69, 9.17) is 14.0 Å². The monoisotopic (exact) mass is 577 g/mol. The standard InChI is InChI=1S/C31H64NO6P/c1-5-8-9-10-11-12-13-14-15-16-17-18-19-20-21-23-26-36-28-31(38-30(4)33)29-37-39(34,35)27-24-22-25-32(6-2)7-3/h31H,5-29H2,1-4H3,(H,34,35). The van der Waals surface area contributed by atoms with Gasteiger partial charge in [-0.25, -0.2) is 0 Å². The van der Waals surface area contributed by atoms with Crippen molar-refractivity contribution in [2.75, 3.05) is 45.6 Å². The van der Waals surface area contributed by atoms with Crippen LogP contribution in [-0.2, 0) is 23.4 Å². The number of carbonyl (C=O) groups excluding carboxylic acids is 1. The Labute approximate surface area is 241 Å². The van der Waals surface area contributed by atoms with Crippen LogP contribution in [0.4, 0.5) is 0 Å². The van der Waals surface area contributed by atoms with Gasteiger partial charge in [0.15, 0.2) is 0 Å². The maximum absolute atomic E-state index is 12.4. The van der Waals surface area contributed by atoms with Gasteiger partial charge in [0.2, 0.25) is 0 Å². The van der Waals surface area contributed by atoms with Gasteiger partial charge in [-0.15, -0.1) is 0 Å². The van der Waals surface area contributed by atoms with E-state index in [9.17, 15) is 14.3 Å². The van der Waals surface area contributed by atoms with Gasteiger partial charge in [0.05, 0.1) is 19.4 Å². The molecule has 0 aliphatic carbocycles. The number of rotatable bonds is 30. The third-order valence-electron chi connectivity index (χ3n) is 7.30. The smallest absolute Gasteiger partial charge is 0.328 e. The highest BCUT2D eigenvalue weighted by molar-refractivity contribution is 7.52. The van der Waals surface area contributed by atoms with Gasteiger partial charge in [0, 0.05) is 13.5 Å². The van der Waals surface area contributed by atoms with Crippen LogP contribution in [0.3, 0.4) is 0 Å². The van der Waals surface area contributed by atoms with Gasteiger partial charge in [-0.3, -0.25) is 9.36 Å². The Morgan fingerprint density at radius 3 is 1.67 bits per heavy atom. The maximum atomic E-state index is 12.4. The van der Waals surface area contributed by atoms with E-state index >= 15 is 0 Å². The molecule has 234 valence electrons. The summed E-state index contributed by atoms with van der Waals surface area (Å²) >= 11 is 0. The molecule has 0 aromatic rings. The van der Waals surface area contributed by atoms with Crippen molar-refractivity contribution in [3.05, 3.63) is 0 Å². The second kappa shape index (κ2) is 27.7. The molecule has 7 nitrogen and oxygen atoms in total. The molecule has 0 aromatic heterocycles. The first-order valence-electron chi connectivity index (χ1n) is 16.3. The average molecular weight is 578 g/mol. The lowest BCUT2D eigenvalue weighted by Gasteiger charge is -2.20. The van der Waals surface area contributed by atoms with Crippen LogP contribution in [-0.4, -0.2) is 67.5 Å². The van der Waals surface area contributed by atoms with Crippen LogP contribution in [0.2, 0.25) is 0 Å². The Morgan fingerprint density at radius 1 is 0.718 bits per heavy atom. The largest absolute Gasteiger partial charge is 0.458 e. The number of unbranched alkanes of at least 4 members (excludes halogenated alkanes) is 16. The van der Waals surface area contributed by atoms with Crippen molar-refractivity contribution in [2.24, 2.45) is 0 Å². The van der Waals surface area contributed by atoms with Gasteiger partial charge in [0.1, 0.15) is 6.10 Å². The first kappa shape index (κ1) is 38.5. The molecule has 0 aliphatic rings. The van der Waals surface area contributed by atoms with E-state index < -0.39 is 19.7 Å². The Hall–Kier alpha value is -0.460. The first-order valence-corrected chi connectivity index (χ1v) is 18.0.